The number of carbonyl (C=O) groups is 1. The lowest BCUT2D eigenvalue weighted by atomic mass is 10.1. The smallest absolute Gasteiger partial charge is 0.315 e. The van der Waals surface area contributed by atoms with Gasteiger partial charge >= 0.3 is 5.69 Å². The van der Waals surface area contributed by atoms with E-state index < -0.39 is 28.1 Å². The van der Waals surface area contributed by atoms with Crippen LogP contribution in [0.4, 0.5) is 15.8 Å². The highest BCUT2D eigenvalue weighted by molar-refractivity contribution is 6.33. The van der Waals surface area contributed by atoms with Gasteiger partial charge in [0.05, 0.1) is 33.5 Å². The van der Waals surface area contributed by atoms with Crippen LogP contribution in [0, 0.1) is 15.9 Å². The van der Waals surface area contributed by atoms with E-state index in [1.165, 1.54) is 24.3 Å². The number of carbonyl (C=O) groups excluding carboxylic acids is 1. The first-order valence-corrected chi connectivity index (χ1v) is 8.81. The summed E-state index contributed by atoms with van der Waals surface area (Å²) in [6, 6.07) is 6.26. The Bertz CT molecular complexity index is 1080. The molecule has 1 aliphatic rings. The minimum atomic E-state index is -0.746. The van der Waals surface area contributed by atoms with Gasteiger partial charge in [-0.25, -0.2) is 4.39 Å². The largest absolute Gasteiger partial charge is 0.500 e. The molecule has 0 atom stereocenters. The van der Waals surface area contributed by atoms with E-state index in [-0.39, 0.29) is 34.2 Å². The number of aromatic hydroxyl groups is 1. The summed E-state index contributed by atoms with van der Waals surface area (Å²) >= 11 is 5.77. The maximum Gasteiger partial charge on any atom is 0.315 e. The quantitative estimate of drug-likeness (QED) is 0.442. The van der Waals surface area contributed by atoms with Gasteiger partial charge in [0.1, 0.15) is 5.82 Å². The van der Waals surface area contributed by atoms with Crippen molar-refractivity contribution in [1.82, 2.24) is 0 Å². The zero-order chi connectivity index (χ0) is 21.3. The lowest BCUT2D eigenvalue weighted by Crippen LogP contribution is -2.21. The highest BCUT2D eigenvalue weighted by atomic mass is 35.5. The van der Waals surface area contributed by atoms with Crippen LogP contribution in [-0.4, -0.2) is 28.3 Å². The zero-order valence-corrected chi connectivity index (χ0v) is 16.1. The molecule has 1 aliphatic heterocycles. The van der Waals surface area contributed by atoms with Crippen LogP contribution < -0.4 is 9.75 Å². The molecule has 1 N–H and O–H groups in total. The number of ether oxygens (including phenoxy) is 1. The number of benzene rings is 2. The van der Waals surface area contributed by atoms with Gasteiger partial charge in [-0.15, -0.1) is 0 Å². The normalized spacial score (nSPS) is 15.0. The van der Waals surface area contributed by atoms with E-state index in [0.29, 0.717) is 5.71 Å². The van der Waals surface area contributed by atoms with Gasteiger partial charge in [-0.1, -0.05) is 11.6 Å². The molecule has 0 aromatic heterocycles. The second-order valence-corrected chi connectivity index (χ2v) is 6.44. The minimum Gasteiger partial charge on any atom is -0.500 e. The molecule has 0 unspecified atom stereocenters. The summed E-state index contributed by atoms with van der Waals surface area (Å²) in [6.07, 6.45) is 1.40. The molecule has 1 heterocycles. The van der Waals surface area contributed by atoms with Gasteiger partial charge in [0.25, 0.3) is 5.91 Å². The average molecular weight is 420 g/mol. The molecule has 1 amide bonds. The molecule has 0 saturated carbocycles. The number of nitro benzene ring substituents is 1. The summed E-state index contributed by atoms with van der Waals surface area (Å²) in [5.74, 6) is -1.81. The summed E-state index contributed by atoms with van der Waals surface area (Å²) < 4.78 is 18.6. The average Bonchev–Trinajstić information content (AvgIpc) is 2.94. The number of anilines is 1. The SMILES string of the molecule is CCOc1cc(/C=C2/C(=O)N(c3ccc(F)c(Cl)c3)N=C2C)cc([N+](=O)[O-])c1O. The van der Waals surface area contributed by atoms with Crippen molar-refractivity contribution in [2.45, 2.75) is 13.8 Å². The van der Waals surface area contributed by atoms with Gasteiger partial charge in [-0.2, -0.15) is 10.1 Å². The van der Waals surface area contributed by atoms with Gasteiger partial charge in [-0.3, -0.25) is 14.9 Å². The maximum atomic E-state index is 13.4. The Morgan fingerprint density at radius 1 is 1.38 bits per heavy atom. The summed E-state index contributed by atoms with van der Waals surface area (Å²) in [4.78, 5) is 23.3. The van der Waals surface area contributed by atoms with E-state index in [0.717, 1.165) is 17.1 Å². The number of nitrogens with zero attached hydrogens (tertiary/aromatic N) is 3. The molecule has 0 spiro atoms. The van der Waals surface area contributed by atoms with Crippen LogP contribution in [0.2, 0.25) is 5.02 Å². The fraction of sp³-hybridized carbons (Fsp3) is 0.158. The van der Waals surface area contributed by atoms with Gasteiger partial charge in [0.15, 0.2) is 5.75 Å². The van der Waals surface area contributed by atoms with E-state index >= 15 is 0 Å². The molecule has 0 aliphatic carbocycles. The Hall–Kier alpha value is -3.46. The fourth-order valence-electron chi connectivity index (χ4n) is 2.74. The number of hydrazone groups is 1. The van der Waals surface area contributed by atoms with Crippen molar-refractivity contribution >= 4 is 40.7 Å². The third kappa shape index (κ3) is 3.90. The van der Waals surface area contributed by atoms with E-state index in [1.807, 2.05) is 0 Å². The van der Waals surface area contributed by atoms with Crippen LogP contribution in [-0.2, 0) is 4.79 Å². The van der Waals surface area contributed by atoms with Crippen molar-refractivity contribution in [3.8, 4) is 11.5 Å². The zero-order valence-electron chi connectivity index (χ0n) is 15.3. The van der Waals surface area contributed by atoms with Crippen LogP contribution in [0.25, 0.3) is 6.08 Å². The first-order chi connectivity index (χ1) is 13.7. The van der Waals surface area contributed by atoms with Crippen molar-refractivity contribution in [2.24, 2.45) is 5.10 Å². The van der Waals surface area contributed by atoms with Crippen molar-refractivity contribution in [3.05, 3.63) is 62.4 Å². The predicted octanol–water partition coefficient (Wildman–Crippen LogP) is 4.30. The number of nitro groups is 1. The molecule has 150 valence electrons. The van der Waals surface area contributed by atoms with Crippen molar-refractivity contribution in [3.63, 3.8) is 0 Å². The van der Waals surface area contributed by atoms with Gasteiger partial charge in [0, 0.05) is 6.07 Å². The highest BCUT2D eigenvalue weighted by Crippen LogP contribution is 2.38. The van der Waals surface area contributed by atoms with E-state index in [2.05, 4.69) is 5.10 Å². The standard InChI is InChI=1S/C19H15ClFN3O5/c1-3-29-17-8-11(7-16(18(17)25)24(27)28)6-13-10(2)22-23(19(13)26)12-4-5-15(21)14(20)9-12/h4-9,25H,3H2,1-2H3/b13-6+. The molecule has 0 bridgehead atoms. The Kier molecular flexibility index (Phi) is 5.51. The Labute approximate surface area is 169 Å². The van der Waals surface area contributed by atoms with E-state index in [9.17, 15) is 24.4 Å². The van der Waals surface area contributed by atoms with Gasteiger partial charge in [-0.05, 0) is 49.8 Å². The fourth-order valence-corrected chi connectivity index (χ4v) is 2.92. The minimum absolute atomic E-state index is 0.0734. The summed E-state index contributed by atoms with van der Waals surface area (Å²) in [5.41, 5.74) is 0.521. The number of phenolic OH excluding ortho intramolecular Hbond substituents is 1. The lowest BCUT2D eigenvalue weighted by molar-refractivity contribution is -0.386. The molecule has 2 aromatic carbocycles. The number of amides is 1. The van der Waals surface area contributed by atoms with E-state index in [1.54, 1.807) is 13.8 Å². The topological polar surface area (TPSA) is 105 Å². The third-order valence-corrected chi connectivity index (χ3v) is 4.38. The number of rotatable bonds is 5. The van der Waals surface area contributed by atoms with Crippen LogP contribution in [0.15, 0.2) is 41.0 Å². The van der Waals surface area contributed by atoms with Gasteiger partial charge in [0.2, 0.25) is 5.75 Å². The number of halogens is 2. The van der Waals surface area contributed by atoms with Crippen molar-refractivity contribution in [2.75, 3.05) is 11.6 Å². The summed E-state index contributed by atoms with van der Waals surface area (Å²) in [7, 11) is 0. The molecule has 29 heavy (non-hydrogen) atoms. The highest BCUT2D eigenvalue weighted by Gasteiger charge is 2.30. The Morgan fingerprint density at radius 3 is 2.72 bits per heavy atom. The molecule has 3 rings (SSSR count). The first kappa shape index (κ1) is 20.3. The van der Waals surface area contributed by atoms with Crippen molar-refractivity contribution in [1.29, 1.82) is 0 Å². The molecule has 8 nitrogen and oxygen atoms in total. The molecule has 10 heteroatoms. The first-order valence-electron chi connectivity index (χ1n) is 8.44. The summed E-state index contributed by atoms with van der Waals surface area (Å²) in [5, 5.41) is 26.3. The number of phenols is 1. The molecular weight excluding hydrogens is 405 g/mol. The molecule has 0 fully saturated rings. The predicted molar refractivity (Wildman–Crippen MR) is 106 cm³/mol. The summed E-state index contributed by atoms with van der Waals surface area (Å²) in [6.45, 7) is 3.44. The maximum absolute atomic E-state index is 13.4. The number of hydrogen-bond acceptors (Lipinski definition) is 6. The second-order valence-electron chi connectivity index (χ2n) is 6.04. The number of hydrogen-bond donors (Lipinski definition) is 1. The molecule has 0 saturated heterocycles. The van der Waals surface area contributed by atoms with Crippen molar-refractivity contribution < 1.29 is 24.0 Å². The van der Waals surface area contributed by atoms with Gasteiger partial charge < -0.3 is 9.84 Å². The molecule has 0 radical (unpaired) electrons. The molecular formula is C19H15ClFN3O5. The van der Waals surface area contributed by atoms with Crippen LogP contribution >= 0.6 is 11.6 Å². The monoisotopic (exact) mass is 419 g/mol. The lowest BCUT2D eigenvalue weighted by Gasteiger charge is -2.12. The van der Waals surface area contributed by atoms with Crippen LogP contribution in [0.3, 0.4) is 0 Å². The van der Waals surface area contributed by atoms with Crippen LogP contribution in [0.5, 0.6) is 11.5 Å². The Morgan fingerprint density at radius 2 is 2.10 bits per heavy atom. The van der Waals surface area contributed by atoms with E-state index in [4.69, 9.17) is 16.3 Å². The molecule has 2 aromatic rings. The second kappa shape index (κ2) is 7.88. The Balaban J connectivity index is 2.03. The van der Waals surface area contributed by atoms with Crippen LogP contribution in [0.1, 0.15) is 19.4 Å². The third-order valence-electron chi connectivity index (χ3n) is 4.10.